The van der Waals surface area contributed by atoms with Gasteiger partial charge in [0.25, 0.3) is 0 Å². The molecular formula is C17H16OS. The van der Waals surface area contributed by atoms with E-state index in [-0.39, 0.29) is 5.78 Å². The molecule has 0 N–H and O–H groups in total. The number of Topliss-reactive ketones (excluding diaryl/α,β-unsaturated/α-hetero) is 1. The Morgan fingerprint density at radius 3 is 2.58 bits per heavy atom. The van der Waals surface area contributed by atoms with Gasteiger partial charge in [0.1, 0.15) is 0 Å². The van der Waals surface area contributed by atoms with Crippen LogP contribution in [0.25, 0.3) is 0 Å². The Morgan fingerprint density at radius 2 is 1.84 bits per heavy atom. The fourth-order valence-electron chi connectivity index (χ4n) is 2.49. The van der Waals surface area contributed by atoms with E-state index in [2.05, 4.69) is 36.4 Å². The summed E-state index contributed by atoms with van der Waals surface area (Å²) in [6, 6.07) is 16.7. The smallest absolute Gasteiger partial charge is 0.159 e. The van der Waals surface area contributed by atoms with Gasteiger partial charge in [0.15, 0.2) is 5.78 Å². The number of fused-ring (bicyclic) bond motifs is 1. The van der Waals surface area contributed by atoms with Crippen molar-refractivity contribution in [3.8, 4) is 0 Å². The molecule has 0 amide bonds. The molecule has 1 heterocycles. The summed E-state index contributed by atoms with van der Waals surface area (Å²) in [5.41, 5.74) is 3.58. The maximum Gasteiger partial charge on any atom is 0.159 e. The van der Waals surface area contributed by atoms with E-state index in [0.29, 0.717) is 5.25 Å². The largest absolute Gasteiger partial charge is 0.295 e. The number of rotatable bonds is 2. The number of thioether (sulfide) groups is 1. The highest BCUT2D eigenvalue weighted by molar-refractivity contribution is 7.99. The third-order valence-corrected chi connectivity index (χ3v) is 5.05. The van der Waals surface area contributed by atoms with E-state index in [1.54, 1.807) is 6.92 Å². The second-order valence-electron chi connectivity index (χ2n) is 4.93. The molecule has 0 fully saturated rings. The zero-order valence-electron chi connectivity index (χ0n) is 10.9. The van der Waals surface area contributed by atoms with Gasteiger partial charge in [-0.2, -0.15) is 0 Å². The predicted octanol–water partition coefficient (Wildman–Crippen LogP) is 4.67. The van der Waals surface area contributed by atoms with Crippen LogP contribution in [0.5, 0.6) is 0 Å². The van der Waals surface area contributed by atoms with Crippen molar-refractivity contribution in [3.63, 3.8) is 0 Å². The van der Waals surface area contributed by atoms with Crippen LogP contribution >= 0.6 is 11.8 Å². The van der Waals surface area contributed by atoms with Crippen molar-refractivity contribution in [2.45, 2.75) is 29.9 Å². The van der Waals surface area contributed by atoms with Gasteiger partial charge in [0.05, 0.1) is 0 Å². The molecule has 0 aromatic heterocycles. The summed E-state index contributed by atoms with van der Waals surface area (Å²) < 4.78 is 0. The predicted molar refractivity (Wildman–Crippen MR) is 79.8 cm³/mol. The number of hydrogen-bond acceptors (Lipinski definition) is 2. The van der Waals surface area contributed by atoms with Gasteiger partial charge in [-0.15, -0.1) is 11.8 Å². The van der Waals surface area contributed by atoms with Crippen molar-refractivity contribution in [2.75, 3.05) is 0 Å². The van der Waals surface area contributed by atoms with E-state index in [9.17, 15) is 4.79 Å². The molecule has 0 saturated carbocycles. The van der Waals surface area contributed by atoms with Crippen LogP contribution in [0.1, 0.15) is 40.1 Å². The zero-order chi connectivity index (χ0) is 13.2. The number of carbonyl (C=O) groups excluding carboxylic acids is 1. The summed E-state index contributed by atoms with van der Waals surface area (Å²) in [5, 5.41) is 0.510. The molecule has 96 valence electrons. The Kier molecular flexibility index (Phi) is 3.43. The number of ketones is 1. The van der Waals surface area contributed by atoms with Crippen molar-refractivity contribution in [1.82, 2.24) is 0 Å². The molecule has 2 aromatic rings. The third-order valence-electron chi connectivity index (χ3n) is 3.61. The van der Waals surface area contributed by atoms with Crippen LogP contribution in [0.2, 0.25) is 0 Å². The number of aryl methyl sites for hydroxylation is 1. The Bertz CT molecular complexity index is 601. The molecule has 0 unspecified atom stereocenters. The average Bonchev–Trinajstić information content (AvgIpc) is 2.47. The standard InChI is InChI=1S/C17H16OS/c1-12(18)13-6-8-15(9-7-13)17-11-10-14-4-2-3-5-16(14)19-17/h2-9,17H,10-11H2,1H3/t17-/m1/s1. The maximum absolute atomic E-state index is 11.3. The lowest BCUT2D eigenvalue weighted by molar-refractivity contribution is 0.101. The van der Waals surface area contributed by atoms with E-state index < -0.39 is 0 Å². The minimum Gasteiger partial charge on any atom is -0.295 e. The van der Waals surface area contributed by atoms with E-state index >= 15 is 0 Å². The summed E-state index contributed by atoms with van der Waals surface area (Å²) in [7, 11) is 0. The fraction of sp³-hybridized carbons (Fsp3) is 0.235. The van der Waals surface area contributed by atoms with Gasteiger partial charge in [-0.25, -0.2) is 0 Å². The Labute approximate surface area is 118 Å². The highest BCUT2D eigenvalue weighted by Crippen LogP contribution is 2.44. The van der Waals surface area contributed by atoms with E-state index in [1.807, 2.05) is 23.9 Å². The minimum absolute atomic E-state index is 0.133. The SMILES string of the molecule is CC(=O)c1ccc([C@H]2CCc3ccccc3S2)cc1. The van der Waals surface area contributed by atoms with Crippen molar-refractivity contribution in [3.05, 3.63) is 65.2 Å². The van der Waals surface area contributed by atoms with Crippen molar-refractivity contribution >= 4 is 17.5 Å². The molecule has 1 aliphatic rings. The van der Waals surface area contributed by atoms with Crippen LogP contribution in [0.15, 0.2) is 53.4 Å². The van der Waals surface area contributed by atoms with Gasteiger partial charge in [0.2, 0.25) is 0 Å². The molecule has 1 aliphatic heterocycles. The second-order valence-corrected chi connectivity index (χ2v) is 6.18. The fourth-order valence-corrected chi connectivity index (χ4v) is 3.81. The molecule has 2 aromatic carbocycles. The first kappa shape index (κ1) is 12.5. The summed E-state index contributed by atoms with van der Waals surface area (Å²) in [4.78, 5) is 12.7. The van der Waals surface area contributed by atoms with Crippen molar-refractivity contribution < 1.29 is 4.79 Å². The number of benzene rings is 2. The van der Waals surface area contributed by atoms with Gasteiger partial charge in [-0.05, 0) is 37.0 Å². The minimum atomic E-state index is 0.133. The van der Waals surface area contributed by atoms with Gasteiger partial charge in [-0.3, -0.25) is 4.79 Å². The van der Waals surface area contributed by atoms with Gasteiger partial charge in [-0.1, -0.05) is 42.5 Å². The van der Waals surface area contributed by atoms with Crippen molar-refractivity contribution in [1.29, 1.82) is 0 Å². The van der Waals surface area contributed by atoms with Crippen LogP contribution in [0.3, 0.4) is 0 Å². The second kappa shape index (κ2) is 5.22. The summed E-state index contributed by atoms with van der Waals surface area (Å²) in [6.07, 6.45) is 2.31. The molecule has 0 aliphatic carbocycles. The molecule has 0 bridgehead atoms. The Hall–Kier alpha value is -1.54. The van der Waals surface area contributed by atoms with Crippen LogP contribution in [0, 0.1) is 0 Å². The summed E-state index contributed by atoms with van der Waals surface area (Å²) in [5.74, 6) is 0.133. The van der Waals surface area contributed by atoms with Crippen LogP contribution in [-0.2, 0) is 6.42 Å². The first-order chi connectivity index (χ1) is 9.24. The van der Waals surface area contributed by atoms with Crippen LogP contribution < -0.4 is 0 Å². The monoisotopic (exact) mass is 268 g/mol. The van der Waals surface area contributed by atoms with Gasteiger partial charge in [0, 0.05) is 15.7 Å². The number of hydrogen-bond donors (Lipinski definition) is 0. The lowest BCUT2D eigenvalue weighted by Crippen LogP contribution is -2.04. The Morgan fingerprint density at radius 1 is 1.11 bits per heavy atom. The Balaban J connectivity index is 1.83. The lowest BCUT2D eigenvalue weighted by Gasteiger charge is -2.24. The maximum atomic E-state index is 11.3. The average molecular weight is 268 g/mol. The molecular weight excluding hydrogens is 252 g/mol. The molecule has 0 spiro atoms. The van der Waals surface area contributed by atoms with Crippen LogP contribution in [-0.4, -0.2) is 5.78 Å². The molecule has 1 nitrogen and oxygen atoms in total. The molecule has 0 radical (unpaired) electrons. The highest BCUT2D eigenvalue weighted by atomic mass is 32.2. The summed E-state index contributed by atoms with van der Waals surface area (Å²) in [6.45, 7) is 1.61. The zero-order valence-corrected chi connectivity index (χ0v) is 11.7. The first-order valence-corrected chi connectivity index (χ1v) is 7.47. The van der Waals surface area contributed by atoms with E-state index in [4.69, 9.17) is 0 Å². The van der Waals surface area contributed by atoms with E-state index in [1.165, 1.54) is 22.4 Å². The van der Waals surface area contributed by atoms with Gasteiger partial charge < -0.3 is 0 Å². The molecule has 3 rings (SSSR count). The third kappa shape index (κ3) is 2.59. The number of carbonyl (C=O) groups is 1. The lowest BCUT2D eigenvalue weighted by atomic mass is 10.0. The molecule has 1 atom stereocenters. The molecule has 2 heteroatoms. The quantitative estimate of drug-likeness (QED) is 0.736. The molecule has 19 heavy (non-hydrogen) atoms. The topological polar surface area (TPSA) is 17.1 Å². The summed E-state index contributed by atoms with van der Waals surface area (Å²) >= 11 is 1.94. The van der Waals surface area contributed by atoms with Crippen LogP contribution in [0.4, 0.5) is 0 Å². The van der Waals surface area contributed by atoms with Crippen molar-refractivity contribution in [2.24, 2.45) is 0 Å². The molecule has 0 saturated heterocycles. The first-order valence-electron chi connectivity index (χ1n) is 6.59. The normalized spacial score (nSPS) is 17.8. The highest BCUT2D eigenvalue weighted by Gasteiger charge is 2.20. The van der Waals surface area contributed by atoms with Gasteiger partial charge >= 0.3 is 0 Å². The van der Waals surface area contributed by atoms with E-state index in [0.717, 1.165) is 12.0 Å².